The maximum absolute atomic E-state index is 12.9. The molecule has 0 radical (unpaired) electrons. The molecule has 0 bridgehead atoms. The number of sulfonamides is 1. The fraction of sp³-hybridized carbons (Fsp3) is 0.429. The van der Waals surface area contributed by atoms with Gasteiger partial charge in [0.25, 0.3) is 0 Å². The Morgan fingerprint density at radius 2 is 1.75 bits per heavy atom. The molecule has 6 nitrogen and oxygen atoms in total. The van der Waals surface area contributed by atoms with E-state index in [1.165, 1.54) is 0 Å². The molecule has 0 saturated carbocycles. The van der Waals surface area contributed by atoms with Crippen LogP contribution in [0.5, 0.6) is 11.5 Å². The summed E-state index contributed by atoms with van der Waals surface area (Å²) in [6.45, 7) is 3.88. The van der Waals surface area contributed by atoms with Gasteiger partial charge >= 0.3 is 0 Å². The van der Waals surface area contributed by atoms with Crippen LogP contribution in [-0.2, 0) is 20.2 Å². The Morgan fingerprint density at radius 1 is 1.07 bits per heavy atom. The van der Waals surface area contributed by atoms with Gasteiger partial charge in [0, 0.05) is 30.7 Å². The van der Waals surface area contributed by atoms with Crippen molar-refractivity contribution < 1.29 is 22.6 Å². The Kier molecular flexibility index (Phi) is 6.59. The van der Waals surface area contributed by atoms with Crippen LogP contribution in [0.4, 0.5) is 0 Å². The van der Waals surface area contributed by atoms with E-state index >= 15 is 0 Å². The number of para-hydroxylation sites is 1. The van der Waals surface area contributed by atoms with Gasteiger partial charge in [0.15, 0.2) is 0 Å². The number of hydrogen-bond acceptors (Lipinski definition) is 5. The minimum absolute atomic E-state index is 0.221. The van der Waals surface area contributed by atoms with Crippen molar-refractivity contribution in [2.45, 2.75) is 30.1 Å². The molecule has 0 unspecified atom stereocenters. The summed E-state index contributed by atoms with van der Waals surface area (Å²) in [5.74, 6) is 1.42. The van der Waals surface area contributed by atoms with Gasteiger partial charge in [-0.25, -0.2) is 13.1 Å². The van der Waals surface area contributed by atoms with Gasteiger partial charge < -0.3 is 14.2 Å². The molecule has 1 aliphatic rings. The Hall–Kier alpha value is -2.09. The molecular weight excluding hydrogens is 378 g/mol. The second-order valence-corrected chi connectivity index (χ2v) is 8.59. The normalized spacial score (nSPS) is 16.5. The zero-order valence-corrected chi connectivity index (χ0v) is 17.1. The average molecular weight is 406 g/mol. The van der Waals surface area contributed by atoms with Gasteiger partial charge in [0.1, 0.15) is 11.5 Å². The molecule has 1 fully saturated rings. The molecule has 7 heteroatoms. The second kappa shape index (κ2) is 8.94. The lowest BCUT2D eigenvalue weighted by Gasteiger charge is -2.38. The van der Waals surface area contributed by atoms with E-state index in [1.807, 2.05) is 31.2 Å². The number of nitrogens with one attached hydrogen (secondary N) is 1. The maximum Gasteiger partial charge on any atom is 0.240 e. The molecule has 1 heterocycles. The Labute approximate surface area is 166 Å². The summed E-state index contributed by atoms with van der Waals surface area (Å²) >= 11 is 0. The quantitative estimate of drug-likeness (QED) is 0.730. The Balaban J connectivity index is 1.83. The third-order valence-electron chi connectivity index (χ3n) is 5.17. The molecule has 2 aromatic rings. The van der Waals surface area contributed by atoms with Crippen LogP contribution in [-0.4, -0.2) is 41.9 Å². The molecule has 0 aliphatic carbocycles. The third kappa shape index (κ3) is 4.48. The third-order valence-corrected chi connectivity index (χ3v) is 6.59. The average Bonchev–Trinajstić information content (AvgIpc) is 2.74. The minimum Gasteiger partial charge on any atom is -0.496 e. The molecular formula is C21H27NO5S. The lowest BCUT2D eigenvalue weighted by molar-refractivity contribution is 0.0509. The number of benzene rings is 2. The van der Waals surface area contributed by atoms with Crippen molar-refractivity contribution in [2.75, 3.05) is 33.5 Å². The molecule has 152 valence electrons. The van der Waals surface area contributed by atoms with Crippen LogP contribution in [0.25, 0.3) is 0 Å². The first-order chi connectivity index (χ1) is 13.5. The van der Waals surface area contributed by atoms with E-state index in [4.69, 9.17) is 14.2 Å². The SMILES string of the molecule is CCOc1ccc(S(=O)(=O)NCC2(c3ccccc3OC)CCOCC2)cc1. The van der Waals surface area contributed by atoms with Gasteiger partial charge in [-0.1, -0.05) is 18.2 Å². The van der Waals surface area contributed by atoms with E-state index in [-0.39, 0.29) is 16.9 Å². The molecule has 1 aliphatic heterocycles. The predicted molar refractivity (Wildman–Crippen MR) is 108 cm³/mol. The van der Waals surface area contributed by atoms with E-state index in [0.717, 1.165) is 24.2 Å². The van der Waals surface area contributed by atoms with Gasteiger partial charge in [-0.2, -0.15) is 0 Å². The van der Waals surface area contributed by atoms with Gasteiger partial charge in [-0.05, 0) is 50.1 Å². The van der Waals surface area contributed by atoms with Crippen LogP contribution in [0.1, 0.15) is 25.3 Å². The summed E-state index contributed by atoms with van der Waals surface area (Å²) in [5, 5.41) is 0. The van der Waals surface area contributed by atoms with Gasteiger partial charge in [0.05, 0.1) is 18.6 Å². The monoisotopic (exact) mass is 405 g/mol. The van der Waals surface area contributed by atoms with Crippen molar-refractivity contribution in [3.63, 3.8) is 0 Å². The largest absolute Gasteiger partial charge is 0.496 e. The van der Waals surface area contributed by atoms with Gasteiger partial charge in [-0.3, -0.25) is 0 Å². The Bertz CT molecular complexity index is 874. The highest BCUT2D eigenvalue weighted by molar-refractivity contribution is 7.89. The zero-order valence-electron chi connectivity index (χ0n) is 16.3. The van der Waals surface area contributed by atoms with Gasteiger partial charge in [0.2, 0.25) is 10.0 Å². The van der Waals surface area contributed by atoms with Crippen LogP contribution in [0.15, 0.2) is 53.4 Å². The van der Waals surface area contributed by atoms with E-state index < -0.39 is 10.0 Å². The lowest BCUT2D eigenvalue weighted by atomic mass is 9.74. The molecule has 1 saturated heterocycles. The molecule has 2 aromatic carbocycles. The number of hydrogen-bond donors (Lipinski definition) is 1. The smallest absolute Gasteiger partial charge is 0.240 e. The summed E-state index contributed by atoms with van der Waals surface area (Å²) in [7, 11) is -2.01. The topological polar surface area (TPSA) is 73.9 Å². The summed E-state index contributed by atoms with van der Waals surface area (Å²) in [5.41, 5.74) is 0.638. The number of ether oxygens (including phenoxy) is 3. The fourth-order valence-corrected chi connectivity index (χ4v) is 4.71. The highest BCUT2D eigenvalue weighted by atomic mass is 32.2. The first-order valence-electron chi connectivity index (χ1n) is 9.44. The van der Waals surface area contributed by atoms with Gasteiger partial charge in [-0.15, -0.1) is 0 Å². The fourth-order valence-electron chi connectivity index (χ4n) is 3.58. The van der Waals surface area contributed by atoms with Crippen molar-refractivity contribution in [3.8, 4) is 11.5 Å². The Morgan fingerprint density at radius 3 is 2.39 bits per heavy atom. The summed E-state index contributed by atoms with van der Waals surface area (Å²) in [4.78, 5) is 0.221. The zero-order chi connectivity index (χ0) is 20.0. The molecule has 1 N–H and O–H groups in total. The molecule has 0 aromatic heterocycles. The van der Waals surface area contributed by atoms with Crippen molar-refractivity contribution in [1.82, 2.24) is 4.72 Å². The molecule has 0 atom stereocenters. The number of methoxy groups -OCH3 is 1. The first-order valence-corrected chi connectivity index (χ1v) is 10.9. The first kappa shape index (κ1) is 20.6. The lowest BCUT2D eigenvalue weighted by Crippen LogP contribution is -2.44. The van der Waals surface area contributed by atoms with Crippen molar-refractivity contribution >= 4 is 10.0 Å². The van der Waals surface area contributed by atoms with Crippen LogP contribution >= 0.6 is 0 Å². The summed E-state index contributed by atoms with van der Waals surface area (Å²) in [6.07, 6.45) is 1.44. The molecule has 0 spiro atoms. The van der Waals surface area contributed by atoms with Crippen molar-refractivity contribution in [1.29, 1.82) is 0 Å². The van der Waals surface area contributed by atoms with Crippen LogP contribution in [0.3, 0.4) is 0 Å². The number of rotatable bonds is 8. The van der Waals surface area contributed by atoms with Crippen molar-refractivity contribution in [2.24, 2.45) is 0 Å². The van der Waals surface area contributed by atoms with Crippen LogP contribution in [0.2, 0.25) is 0 Å². The van der Waals surface area contributed by atoms with Crippen LogP contribution < -0.4 is 14.2 Å². The summed E-state index contributed by atoms with van der Waals surface area (Å²) in [6, 6.07) is 14.3. The molecule has 3 rings (SSSR count). The standard InChI is InChI=1S/C21H27NO5S/c1-3-27-17-8-10-18(11-9-17)28(23,24)22-16-21(12-14-26-15-13-21)19-6-4-5-7-20(19)25-2/h4-11,22H,3,12-16H2,1-2H3. The highest BCUT2D eigenvalue weighted by Crippen LogP contribution is 2.39. The van der Waals surface area contributed by atoms with E-state index in [1.54, 1.807) is 31.4 Å². The predicted octanol–water partition coefficient (Wildman–Crippen LogP) is 3.12. The highest BCUT2D eigenvalue weighted by Gasteiger charge is 2.37. The molecule has 0 amide bonds. The summed E-state index contributed by atoms with van der Waals surface area (Å²) < 4.78 is 45.0. The van der Waals surface area contributed by atoms with Crippen molar-refractivity contribution in [3.05, 3.63) is 54.1 Å². The maximum atomic E-state index is 12.9. The second-order valence-electron chi connectivity index (χ2n) is 6.82. The van der Waals surface area contributed by atoms with E-state index in [9.17, 15) is 8.42 Å². The minimum atomic E-state index is -3.64. The van der Waals surface area contributed by atoms with E-state index in [2.05, 4.69) is 4.72 Å². The van der Waals surface area contributed by atoms with E-state index in [0.29, 0.717) is 25.6 Å². The molecule has 28 heavy (non-hydrogen) atoms. The van der Waals surface area contributed by atoms with Crippen LogP contribution in [0, 0.1) is 0 Å².